The molecule has 0 aliphatic rings. The summed E-state index contributed by atoms with van der Waals surface area (Å²) in [5.41, 5.74) is 1.26. The lowest BCUT2D eigenvalue weighted by molar-refractivity contribution is -0.136. The number of carboxylic acids is 1. The number of aryl methyl sites for hydroxylation is 1. The molecule has 0 bridgehead atoms. The van der Waals surface area contributed by atoms with Gasteiger partial charge < -0.3 is 9.84 Å². The van der Waals surface area contributed by atoms with Crippen LogP contribution in [0.1, 0.15) is 22.3 Å². The molecule has 0 radical (unpaired) electrons. The van der Waals surface area contributed by atoms with Crippen LogP contribution >= 0.6 is 0 Å². The number of benzene rings is 1. The van der Waals surface area contributed by atoms with Crippen molar-refractivity contribution in [2.75, 3.05) is 7.11 Å². The SMILES string of the molecule is COc1ccc(C=O)cc1CCC(=O)O. The van der Waals surface area contributed by atoms with E-state index >= 15 is 0 Å². The molecule has 1 aromatic carbocycles. The molecular formula is C11H12O4. The standard InChI is InChI=1S/C11H12O4/c1-15-10-4-2-8(7-12)6-9(10)3-5-11(13)14/h2,4,6-7H,3,5H2,1H3,(H,13,14). The molecule has 0 aliphatic carbocycles. The molecule has 4 heteroatoms. The number of hydrogen-bond donors (Lipinski definition) is 1. The number of methoxy groups -OCH3 is 1. The van der Waals surface area contributed by atoms with Crippen molar-refractivity contribution >= 4 is 12.3 Å². The van der Waals surface area contributed by atoms with Gasteiger partial charge in [-0.3, -0.25) is 9.59 Å². The quantitative estimate of drug-likeness (QED) is 0.745. The molecule has 0 atom stereocenters. The molecule has 0 saturated heterocycles. The molecule has 0 unspecified atom stereocenters. The Balaban J connectivity index is 2.90. The zero-order valence-corrected chi connectivity index (χ0v) is 8.40. The largest absolute Gasteiger partial charge is 0.496 e. The number of carbonyl (C=O) groups excluding carboxylic acids is 1. The maximum absolute atomic E-state index is 10.5. The number of carboxylic acid groups (broad SMARTS) is 1. The molecule has 0 saturated carbocycles. The summed E-state index contributed by atoms with van der Waals surface area (Å²) in [6, 6.07) is 4.95. The van der Waals surface area contributed by atoms with Crippen molar-refractivity contribution in [3.05, 3.63) is 29.3 Å². The summed E-state index contributed by atoms with van der Waals surface area (Å²) in [4.78, 5) is 21.0. The van der Waals surface area contributed by atoms with E-state index in [1.54, 1.807) is 18.2 Å². The molecule has 0 aliphatic heterocycles. The normalized spacial score (nSPS) is 9.67. The van der Waals surface area contributed by atoms with E-state index in [0.29, 0.717) is 17.7 Å². The van der Waals surface area contributed by atoms with Crippen LogP contribution in [-0.4, -0.2) is 24.5 Å². The third-order valence-electron chi connectivity index (χ3n) is 2.05. The number of aliphatic carboxylic acids is 1. The van der Waals surface area contributed by atoms with Crippen LogP contribution in [0.15, 0.2) is 18.2 Å². The van der Waals surface area contributed by atoms with Crippen LogP contribution in [0.5, 0.6) is 5.75 Å². The predicted molar refractivity (Wildman–Crippen MR) is 54.3 cm³/mol. The Bertz CT molecular complexity index is 371. The van der Waals surface area contributed by atoms with Gasteiger partial charge in [-0.2, -0.15) is 0 Å². The number of hydrogen-bond acceptors (Lipinski definition) is 3. The molecular weight excluding hydrogens is 196 g/mol. The fourth-order valence-corrected chi connectivity index (χ4v) is 1.31. The van der Waals surface area contributed by atoms with Crippen LogP contribution in [-0.2, 0) is 11.2 Å². The monoisotopic (exact) mass is 208 g/mol. The number of rotatable bonds is 5. The fraction of sp³-hybridized carbons (Fsp3) is 0.273. The van der Waals surface area contributed by atoms with Gasteiger partial charge in [-0.15, -0.1) is 0 Å². The highest BCUT2D eigenvalue weighted by Crippen LogP contribution is 2.20. The Hall–Kier alpha value is -1.84. The first kappa shape index (κ1) is 11.2. The van der Waals surface area contributed by atoms with Crippen LogP contribution in [0.25, 0.3) is 0 Å². The lowest BCUT2D eigenvalue weighted by Crippen LogP contribution is -2.00. The van der Waals surface area contributed by atoms with Gasteiger partial charge in [-0.1, -0.05) is 0 Å². The van der Waals surface area contributed by atoms with E-state index in [2.05, 4.69) is 0 Å². The summed E-state index contributed by atoms with van der Waals surface area (Å²) in [6.45, 7) is 0. The minimum absolute atomic E-state index is 0.0265. The maximum Gasteiger partial charge on any atom is 0.303 e. The van der Waals surface area contributed by atoms with E-state index in [9.17, 15) is 9.59 Å². The van der Waals surface area contributed by atoms with Crippen LogP contribution in [0, 0.1) is 0 Å². The van der Waals surface area contributed by atoms with Crippen molar-refractivity contribution in [3.8, 4) is 5.75 Å². The highest BCUT2D eigenvalue weighted by atomic mass is 16.5. The van der Waals surface area contributed by atoms with Crippen molar-refractivity contribution in [1.82, 2.24) is 0 Å². The topological polar surface area (TPSA) is 63.6 Å². The Labute approximate surface area is 87.5 Å². The second kappa shape index (κ2) is 5.14. The molecule has 1 rings (SSSR count). The first-order chi connectivity index (χ1) is 7.17. The Morgan fingerprint density at radius 2 is 2.27 bits per heavy atom. The zero-order valence-electron chi connectivity index (χ0n) is 8.40. The molecule has 0 heterocycles. The van der Waals surface area contributed by atoms with Crippen LogP contribution in [0.2, 0.25) is 0 Å². The molecule has 1 aromatic rings. The van der Waals surface area contributed by atoms with Gasteiger partial charge in [0, 0.05) is 12.0 Å². The molecule has 1 N–H and O–H groups in total. The van der Waals surface area contributed by atoms with Crippen molar-refractivity contribution < 1.29 is 19.4 Å². The molecule has 0 fully saturated rings. The molecule has 0 spiro atoms. The van der Waals surface area contributed by atoms with E-state index < -0.39 is 5.97 Å². The Kier molecular flexibility index (Phi) is 3.85. The van der Waals surface area contributed by atoms with Crippen LogP contribution < -0.4 is 4.74 Å². The molecule has 80 valence electrons. The minimum Gasteiger partial charge on any atom is -0.496 e. The van der Waals surface area contributed by atoms with Gasteiger partial charge in [0.05, 0.1) is 7.11 Å². The van der Waals surface area contributed by atoms with Crippen molar-refractivity contribution in [3.63, 3.8) is 0 Å². The average molecular weight is 208 g/mol. The van der Waals surface area contributed by atoms with E-state index in [4.69, 9.17) is 9.84 Å². The van der Waals surface area contributed by atoms with Gasteiger partial charge in [0.2, 0.25) is 0 Å². The average Bonchev–Trinajstić information content (AvgIpc) is 2.25. The highest BCUT2D eigenvalue weighted by Gasteiger charge is 2.06. The van der Waals surface area contributed by atoms with Gasteiger partial charge in [-0.25, -0.2) is 0 Å². The highest BCUT2D eigenvalue weighted by molar-refractivity contribution is 5.76. The Morgan fingerprint density at radius 1 is 1.53 bits per heavy atom. The summed E-state index contributed by atoms with van der Waals surface area (Å²) < 4.78 is 5.07. The van der Waals surface area contributed by atoms with E-state index in [0.717, 1.165) is 11.8 Å². The van der Waals surface area contributed by atoms with Gasteiger partial charge in [0.1, 0.15) is 12.0 Å². The molecule has 15 heavy (non-hydrogen) atoms. The van der Waals surface area contributed by atoms with Crippen molar-refractivity contribution in [2.45, 2.75) is 12.8 Å². The number of ether oxygens (including phenoxy) is 1. The number of aldehydes is 1. The van der Waals surface area contributed by atoms with Crippen molar-refractivity contribution in [2.24, 2.45) is 0 Å². The Morgan fingerprint density at radius 3 is 2.80 bits per heavy atom. The first-order valence-corrected chi connectivity index (χ1v) is 4.51. The lowest BCUT2D eigenvalue weighted by Gasteiger charge is -2.07. The van der Waals surface area contributed by atoms with Gasteiger partial charge in [0.25, 0.3) is 0 Å². The van der Waals surface area contributed by atoms with E-state index in [1.165, 1.54) is 7.11 Å². The maximum atomic E-state index is 10.5. The summed E-state index contributed by atoms with van der Waals surface area (Å²) in [6.07, 6.45) is 1.11. The summed E-state index contributed by atoms with van der Waals surface area (Å²) in [5, 5.41) is 8.55. The first-order valence-electron chi connectivity index (χ1n) is 4.51. The number of carbonyl (C=O) groups is 2. The van der Waals surface area contributed by atoms with E-state index in [1.807, 2.05) is 0 Å². The summed E-state index contributed by atoms with van der Waals surface area (Å²) in [5.74, 6) is -0.254. The third kappa shape index (κ3) is 3.09. The predicted octanol–water partition coefficient (Wildman–Crippen LogP) is 1.52. The molecule has 0 aromatic heterocycles. The fourth-order valence-electron chi connectivity index (χ4n) is 1.31. The van der Waals surface area contributed by atoms with E-state index in [-0.39, 0.29) is 6.42 Å². The smallest absolute Gasteiger partial charge is 0.303 e. The van der Waals surface area contributed by atoms with Crippen LogP contribution in [0.4, 0.5) is 0 Å². The third-order valence-corrected chi connectivity index (χ3v) is 2.05. The molecule has 4 nitrogen and oxygen atoms in total. The summed E-state index contributed by atoms with van der Waals surface area (Å²) in [7, 11) is 1.51. The second-order valence-corrected chi connectivity index (χ2v) is 3.08. The zero-order chi connectivity index (χ0) is 11.3. The van der Waals surface area contributed by atoms with Crippen LogP contribution in [0.3, 0.4) is 0 Å². The van der Waals surface area contributed by atoms with Gasteiger partial charge in [-0.05, 0) is 30.2 Å². The molecule has 0 amide bonds. The lowest BCUT2D eigenvalue weighted by atomic mass is 10.1. The minimum atomic E-state index is -0.867. The van der Waals surface area contributed by atoms with Gasteiger partial charge >= 0.3 is 5.97 Å². The second-order valence-electron chi connectivity index (χ2n) is 3.08. The van der Waals surface area contributed by atoms with Gasteiger partial charge in [0.15, 0.2) is 0 Å². The van der Waals surface area contributed by atoms with Crippen molar-refractivity contribution in [1.29, 1.82) is 0 Å². The summed E-state index contributed by atoms with van der Waals surface area (Å²) >= 11 is 0.